The Balaban J connectivity index is 1.37. The molecule has 0 spiro atoms. The Bertz CT molecular complexity index is 760. The smallest absolute Gasteiger partial charge is 0.143 e. The number of nitrogens with zero attached hydrogens (tertiary/aromatic N) is 5. The minimum atomic E-state index is 0.270. The molecule has 1 unspecified atom stereocenters. The number of hydrogen-bond acceptors (Lipinski definition) is 6. The lowest BCUT2D eigenvalue weighted by Gasteiger charge is -2.13. The lowest BCUT2D eigenvalue weighted by atomic mass is 10.1. The van der Waals surface area contributed by atoms with E-state index in [4.69, 9.17) is 4.98 Å². The normalized spacial score (nSPS) is 15.7. The van der Waals surface area contributed by atoms with Crippen LogP contribution in [0.1, 0.15) is 48.0 Å². The number of aromatic nitrogens is 5. The summed E-state index contributed by atoms with van der Waals surface area (Å²) in [7, 11) is 0. The highest BCUT2D eigenvalue weighted by Gasteiger charge is 2.25. The first-order valence-electron chi connectivity index (χ1n) is 7.80. The van der Waals surface area contributed by atoms with Crippen LogP contribution < -0.4 is 5.32 Å². The van der Waals surface area contributed by atoms with E-state index in [9.17, 15) is 0 Å². The van der Waals surface area contributed by atoms with Crippen molar-refractivity contribution in [2.24, 2.45) is 0 Å². The van der Waals surface area contributed by atoms with E-state index in [2.05, 4.69) is 45.3 Å². The predicted molar refractivity (Wildman–Crippen MR) is 88.5 cm³/mol. The highest BCUT2D eigenvalue weighted by atomic mass is 32.1. The molecule has 0 bridgehead atoms. The monoisotopic (exact) mass is 326 g/mol. The topological polar surface area (TPSA) is 68.5 Å². The van der Waals surface area contributed by atoms with E-state index in [1.807, 2.05) is 12.1 Å². The SMILES string of the molecule is CC(NCc1nc(C2CC2)cs1)c1ccc(-n2cnnn2)cc1. The molecule has 3 aromatic rings. The molecule has 2 aromatic heterocycles. The molecule has 23 heavy (non-hydrogen) atoms. The van der Waals surface area contributed by atoms with Crippen molar-refractivity contribution in [1.82, 2.24) is 30.5 Å². The van der Waals surface area contributed by atoms with Crippen molar-refractivity contribution in [2.45, 2.75) is 38.3 Å². The second-order valence-electron chi connectivity index (χ2n) is 5.89. The lowest BCUT2D eigenvalue weighted by Crippen LogP contribution is -2.18. The minimum absolute atomic E-state index is 0.270. The van der Waals surface area contributed by atoms with E-state index in [-0.39, 0.29) is 6.04 Å². The molecule has 118 valence electrons. The average molecular weight is 326 g/mol. The largest absolute Gasteiger partial charge is 0.304 e. The summed E-state index contributed by atoms with van der Waals surface area (Å²) in [4.78, 5) is 4.72. The Kier molecular flexibility index (Phi) is 3.88. The predicted octanol–water partition coefficient (Wildman–Crippen LogP) is 2.85. The van der Waals surface area contributed by atoms with E-state index in [1.165, 1.54) is 29.1 Å². The van der Waals surface area contributed by atoms with Gasteiger partial charge in [0.25, 0.3) is 0 Å². The van der Waals surface area contributed by atoms with Gasteiger partial charge in [-0.05, 0) is 47.9 Å². The average Bonchev–Trinajstić information content (AvgIpc) is 3.11. The standard InChI is InChI=1S/C16H18N6S/c1-11(17-8-16-19-15(9-23-16)13-2-3-13)12-4-6-14(7-5-12)22-10-18-20-21-22/h4-7,9-11,13,17H,2-3,8H2,1H3. The van der Waals surface area contributed by atoms with Crippen molar-refractivity contribution in [3.8, 4) is 5.69 Å². The fourth-order valence-electron chi connectivity index (χ4n) is 2.53. The van der Waals surface area contributed by atoms with Gasteiger partial charge in [0.05, 0.1) is 11.4 Å². The fourth-order valence-corrected chi connectivity index (χ4v) is 3.35. The summed E-state index contributed by atoms with van der Waals surface area (Å²) in [6.07, 6.45) is 4.21. The van der Waals surface area contributed by atoms with Gasteiger partial charge in [-0.3, -0.25) is 0 Å². The van der Waals surface area contributed by atoms with Crippen LogP contribution in [0.2, 0.25) is 0 Å². The zero-order chi connectivity index (χ0) is 15.6. The summed E-state index contributed by atoms with van der Waals surface area (Å²) in [6, 6.07) is 8.53. The van der Waals surface area contributed by atoms with Crippen LogP contribution in [0.15, 0.2) is 36.0 Å². The Hall–Kier alpha value is -2.12. The molecule has 0 saturated heterocycles. The summed E-state index contributed by atoms with van der Waals surface area (Å²) < 4.78 is 1.65. The van der Waals surface area contributed by atoms with Gasteiger partial charge in [-0.25, -0.2) is 9.67 Å². The molecule has 0 radical (unpaired) electrons. The maximum absolute atomic E-state index is 4.72. The fraction of sp³-hybridized carbons (Fsp3) is 0.375. The van der Waals surface area contributed by atoms with E-state index >= 15 is 0 Å². The van der Waals surface area contributed by atoms with Gasteiger partial charge in [0.15, 0.2) is 0 Å². The molecule has 1 fully saturated rings. The van der Waals surface area contributed by atoms with Crippen LogP contribution in [-0.2, 0) is 6.54 Å². The van der Waals surface area contributed by atoms with Crippen molar-refractivity contribution >= 4 is 11.3 Å². The van der Waals surface area contributed by atoms with Crippen LogP contribution in [0.5, 0.6) is 0 Å². The Morgan fingerprint density at radius 3 is 2.83 bits per heavy atom. The number of nitrogens with one attached hydrogen (secondary N) is 1. The van der Waals surface area contributed by atoms with Crippen LogP contribution in [-0.4, -0.2) is 25.2 Å². The van der Waals surface area contributed by atoms with Gasteiger partial charge in [-0.1, -0.05) is 12.1 Å². The number of rotatable bonds is 6. The highest BCUT2D eigenvalue weighted by molar-refractivity contribution is 7.09. The van der Waals surface area contributed by atoms with Gasteiger partial charge >= 0.3 is 0 Å². The molecular formula is C16H18N6S. The summed E-state index contributed by atoms with van der Waals surface area (Å²) in [5, 5.41) is 18.1. The third-order valence-corrected chi connectivity index (χ3v) is 5.00. The molecule has 6 nitrogen and oxygen atoms in total. The molecule has 1 aromatic carbocycles. The van der Waals surface area contributed by atoms with Gasteiger partial charge in [-0.2, -0.15) is 0 Å². The summed E-state index contributed by atoms with van der Waals surface area (Å²) in [5.74, 6) is 0.733. The Morgan fingerprint density at radius 1 is 1.30 bits per heavy atom. The Morgan fingerprint density at radius 2 is 2.13 bits per heavy atom. The molecule has 0 aliphatic heterocycles. The number of tetrazole rings is 1. The molecule has 1 aliphatic carbocycles. The molecular weight excluding hydrogens is 308 g/mol. The van der Waals surface area contributed by atoms with Gasteiger partial charge in [0, 0.05) is 23.9 Å². The molecule has 0 amide bonds. The van der Waals surface area contributed by atoms with Crippen LogP contribution in [0.25, 0.3) is 5.69 Å². The number of hydrogen-bond donors (Lipinski definition) is 1. The summed E-state index contributed by atoms with van der Waals surface area (Å²) in [6.45, 7) is 2.98. The summed E-state index contributed by atoms with van der Waals surface area (Å²) in [5.41, 5.74) is 3.48. The maximum Gasteiger partial charge on any atom is 0.143 e. The molecule has 7 heteroatoms. The lowest BCUT2D eigenvalue weighted by molar-refractivity contribution is 0.572. The minimum Gasteiger partial charge on any atom is -0.304 e. The van der Waals surface area contributed by atoms with E-state index in [1.54, 1.807) is 22.3 Å². The third kappa shape index (κ3) is 3.30. The molecule has 1 N–H and O–H groups in total. The van der Waals surface area contributed by atoms with Gasteiger partial charge in [0.2, 0.25) is 0 Å². The van der Waals surface area contributed by atoms with Crippen LogP contribution >= 0.6 is 11.3 Å². The van der Waals surface area contributed by atoms with Crippen molar-refractivity contribution in [3.63, 3.8) is 0 Å². The van der Waals surface area contributed by atoms with Crippen LogP contribution in [0, 0.1) is 0 Å². The van der Waals surface area contributed by atoms with E-state index < -0.39 is 0 Å². The number of benzene rings is 1. The summed E-state index contributed by atoms with van der Waals surface area (Å²) >= 11 is 1.76. The van der Waals surface area contributed by atoms with Gasteiger partial charge in [-0.15, -0.1) is 16.4 Å². The van der Waals surface area contributed by atoms with Gasteiger partial charge in [0.1, 0.15) is 11.3 Å². The zero-order valence-electron chi connectivity index (χ0n) is 12.9. The first kappa shape index (κ1) is 14.5. The van der Waals surface area contributed by atoms with E-state index in [0.29, 0.717) is 0 Å². The quantitative estimate of drug-likeness (QED) is 0.754. The third-order valence-electron chi connectivity index (χ3n) is 4.13. The van der Waals surface area contributed by atoms with Crippen molar-refractivity contribution in [1.29, 1.82) is 0 Å². The van der Waals surface area contributed by atoms with Crippen LogP contribution in [0.3, 0.4) is 0 Å². The second-order valence-corrected chi connectivity index (χ2v) is 6.83. The van der Waals surface area contributed by atoms with Crippen molar-refractivity contribution < 1.29 is 0 Å². The molecule has 2 heterocycles. The maximum atomic E-state index is 4.72. The molecule has 1 aliphatic rings. The molecule has 4 rings (SSSR count). The Labute approximate surface area is 138 Å². The highest BCUT2D eigenvalue weighted by Crippen LogP contribution is 2.40. The second kappa shape index (κ2) is 6.17. The van der Waals surface area contributed by atoms with E-state index in [0.717, 1.165) is 18.2 Å². The van der Waals surface area contributed by atoms with Crippen molar-refractivity contribution in [2.75, 3.05) is 0 Å². The first-order chi connectivity index (χ1) is 11.3. The van der Waals surface area contributed by atoms with Crippen molar-refractivity contribution in [3.05, 3.63) is 52.2 Å². The van der Waals surface area contributed by atoms with Gasteiger partial charge < -0.3 is 5.32 Å². The van der Waals surface area contributed by atoms with Crippen LogP contribution in [0.4, 0.5) is 0 Å². The zero-order valence-corrected chi connectivity index (χ0v) is 13.7. The molecule has 1 saturated carbocycles. The number of thiazole rings is 1. The molecule has 1 atom stereocenters. The first-order valence-corrected chi connectivity index (χ1v) is 8.68.